The van der Waals surface area contributed by atoms with Gasteiger partial charge in [0.2, 0.25) is 0 Å². The summed E-state index contributed by atoms with van der Waals surface area (Å²) in [5.74, 6) is 0. The molecule has 2 aromatic rings. The van der Waals surface area contributed by atoms with E-state index in [9.17, 15) is 0 Å². The lowest BCUT2D eigenvalue weighted by molar-refractivity contribution is 0.140. The summed E-state index contributed by atoms with van der Waals surface area (Å²) in [5, 5.41) is 0. The molecule has 1 aromatic heterocycles. The first-order valence-corrected chi connectivity index (χ1v) is 7.11. The molecule has 0 spiro atoms. The van der Waals surface area contributed by atoms with Crippen LogP contribution in [0.5, 0.6) is 0 Å². The smallest absolute Gasteiger partial charge is 0.0366 e. The molecule has 1 saturated heterocycles. The second-order valence-corrected chi connectivity index (χ2v) is 5.25. The summed E-state index contributed by atoms with van der Waals surface area (Å²) in [6.45, 7) is 2.23. The number of hydrogen-bond acceptors (Lipinski definition) is 2. The molecule has 19 heavy (non-hydrogen) atoms. The van der Waals surface area contributed by atoms with Gasteiger partial charge in [-0.25, -0.2) is 0 Å². The monoisotopic (exact) mass is 252 g/mol. The van der Waals surface area contributed by atoms with Crippen LogP contribution < -0.4 is 0 Å². The highest BCUT2D eigenvalue weighted by atomic mass is 15.2. The Morgan fingerprint density at radius 3 is 2.74 bits per heavy atom. The Morgan fingerprint density at radius 1 is 1.05 bits per heavy atom. The zero-order chi connectivity index (χ0) is 12.9. The van der Waals surface area contributed by atoms with Crippen LogP contribution in [-0.4, -0.2) is 16.4 Å². The molecule has 0 N–H and O–H groups in total. The van der Waals surface area contributed by atoms with Crippen molar-refractivity contribution in [2.45, 2.75) is 31.8 Å². The van der Waals surface area contributed by atoms with Gasteiger partial charge in [0.15, 0.2) is 0 Å². The van der Waals surface area contributed by atoms with Crippen molar-refractivity contribution in [2.75, 3.05) is 6.54 Å². The molecule has 2 heterocycles. The number of benzene rings is 1. The fourth-order valence-electron chi connectivity index (χ4n) is 2.95. The van der Waals surface area contributed by atoms with Crippen molar-refractivity contribution in [3.63, 3.8) is 0 Å². The molecule has 98 valence electrons. The lowest BCUT2D eigenvalue weighted by atomic mass is 9.96. The van der Waals surface area contributed by atoms with E-state index in [2.05, 4.69) is 46.3 Å². The number of pyridine rings is 1. The van der Waals surface area contributed by atoms with Gasteiger partial charge in [-0.3, -0.25) is 9.88 Å². The van der Waals surface area contributed by atoms with Gasteiger partial charge >= 0.3 is 0 Å². The van der Waals surface area contributed by atoms with Gasteiger partial charge in [-0.05, 0) is 36.6 Å². The van der Waals surface area contributed by atoms with E-state index in [-0.39, 0.29) is 0 Å². The molecule has 0 saturated carbocycles. The van der Waals surface area contributed by atoms with E-state index < -0.39 is 0 Å². The molecular formula is C17H20N2. The highest BCUT2D eigenvalue weighted by molar-refractivity contribution is 5.18. The first-order valence-electron chi connectivity index (χ1n) is 7.11. The third kappa shape index (κ3) is 3.02. The minimum absolute atomic E-state index is 0.530. The predicted molar refractivity (Wildman–Crippen MR) is 77.7 cm³/mol. The molecule has 0 aliphatic carbocycles. The second kappa shape index (κ2) is 5.98. The maximum absolute atomic E-state index is 4.27. The summed E-state index contributed by atoms with van der Waals surface area (Å²) in [4.78, 5) is 6.87. The molecule has 1 fully saturated rings. The standard InChI is InChI=1S/C17H20N2/c1-2-7-15(8-3-1)14-19-12-5-4-10-17(19)16-9-6-11-18-13-16/h1-3,6-9,11,13,17H,4-5,10,12,14H2. The van der Waals surface area contributed by atoms with Crippen molar-refractivity contribution in [2.24, 2.45) is 0 Å². The second-order valence-electron chi connectivity index (χ2n) is 5.25. The van der Waals surface area contributed by atoms with E-state index in [1.165, 1.54) is 36.9 Å². The minimum atomic E-state index is 0.530. The quantitative estimate of drug-likeness (QED) is 0.825. The zero-order valence-corrected chi connectivity index (χ0v) is 11.2. The van der Waals surface area contributed by atoms with E-state index in [0.29, 0.717) is 6.04 Å². The number of nitrogens with zero attached hydrogens (tertiary/aromatic N) is 2. The maximum atomic E-state index is 4.27. The van der Waals surface area contributed by atoms with Crippen molar-refractivity contribution < 1.29 is 0 Å². The van der Waals surface area contributed by atoms with Crippen LogP contribution in [0, 0.1) is 0 Å². The average Bonchev–Trinajstić information content (AvgIpc) is 2.50. The SMILES string of the molecule is c1ccc(CN2CCCCC2c2cccnc2)cc1. The van der Waals surface area contributed by atoms with Crippen molar-refractivity contribution >= 4 is 0 Å². The van der Waals surface area contributed by atoms with Gasteiger partial charge in [0.1, 0.15) is 0 Å². The number of likely N-dealkylation sites (tertiary alicyclic amines) is 1. The minimum Gasteiger partial charge on any atom is -0.292 e. The molecule has 2 heteroatoms. The van der Waals surface area contributed by atoms with E-state index >= 15 is 0 Å². The molecule has 0 bridgehead atoms. The molecule has 1 aliphatic rings. The normalized spacial score (nSPS) is 20.3. The Kier molecular flexibility index (Phi) is 3.89. The Morgan fingerprint density at radius 2 is 1.95 bits per heavy atom. The molecule has 1 aliphatic heterocycles. The molecular weight excluding hydrogens is 232 g/mol. The van der Waals surface area contributed by atoms with E-state index in [1.54, 1.807) is 0 Å². The number of hydrogen-bond donors (Lipinski definition) is 0. The Labute approximate surface area is 115 Å². The van der Waals surface area contributed by atoms with Crippen LogP contribution in [0.1, 0.15) is 36.4 Å². The Balaban J connectivity index is 1.78. The summed E-state index contributed by atoms with van der Waals surface area (Å²) < 4.78 is 0. The molecule has 1 atom stereocenters. The number of rotatable bonds is 3. The topological polar surface area (TPSA) is 16.1 Å². The molecule has 3 rings (SSSR count). The van der Waals surface area contributed by atoms with Crippen LogP contribution in [0.4, 0.5) is 0 Å². The van der Waals surface area contributed by atoms with Gasteiger partial charge in [-0.1, -0.05) is 42.8 Å². The summed E-state index contributed by atoms with van der Waals surface area (Å²) in [6, 6.07) is 15.5. The Bertz CT molecular complexity index is 495. The third-order valence-corrected chi connectivity index (χ3v) is 3.91. The van der Waals surface area contributed by atoms with E-state index in [4.69, 9.17) is 0 Å². The lowest BCUT2D eigenvalue weighted by Gasteiger charge is -2.36. The third-order valence-electron chi connectivity index (χ3n) is 3.91. The average molecular weight is 252 g/mol. The van der Waals surface area contributed by atoms with Gasteiger partial charge in [-0.2, -0.15) is 0 Å². The molecule has 0 radical (unpaired) electrons. The molecule has 0 amide bonds. The van der Waals surface area contributed by atoms with Crippen LogP contribution in [0.15, 0.2) is 54.9 Å². The first-order chi connectivity index (χ1) is 9.43. The van der Waals surface area contributed by atoms with Crippen molar-refractivity contribution in [3.8, 4) is 0 Å². The first kappa shape index (κ1) is 12.4. The zero-order valence-electron chi connectivity index (χ0n) is 11.2. The maximum Gasteiger partial charge on any atom is 0.0366 e. The van der Waals surface area contributed by atoms with Crippen LogP contribution >= 0.6 is 0 Å². The van der Waals surface area contributed by atoms with Crippen LogP contribution in [-0.2, 0) is 6.54 Å². The Hall–Kier alpha value is -1.67. The number of aromatic nitrogens is 1. The fraction of sp³-hybridized carbons (Fsp3) is 0.353. The van der Waals surface area contributed by atoms with Gasteiger partial charge in [0, 0.05) is 25.0 Å². The highest BCUT2D eigenvalue weighted by Crippen LogP contribution is 2.31. The van der Waals surface area contributed by atoms with E-state index in [1.807, 2.05) is 18.5 Å². The number of piperidine rings is 1. The summed E-state index contributed by atoms with van der Waals surface area (Å²) in [5.41, 5.74) is 2.76. The molecule has 2 nitrogen and oxygen atoms in total. The largest absolute Gasteiger partial charge is 0.292 e. The fourth-order valence-corrected chi connectivity index (χ4v) is 2.95. The van der Waals surface area contributed by atoms with Gasteiger partial charge in [0.05, 0.1) is 0 Å². The van der Waals surface area contributed by atoms with Crippen LogP contribution in [0.3, 0.4) is 0 Å². The summed E-state index contributed by atoms with van der Waals surface area (Å²) in [6.07, 6.45) is 7.76. The summed E-state index contributed by atoms with van der Waals surface area (Å²) in [7, 11) is 0. The van der Waals surface area contributed by atoms with Gasteiger partial charge in [-0.15, -0.1) is 0 Å². The lowest BCUT2D eigenvalue weighted by Crippen LogP contribution is -2.32. The predicted octanol–water partition coefficient (Wildman–Crippen LogP) is 3.81. The molecule has 1 unspecified atom stereocenters. The van der Waals surface area contributed by atoms with Crippen molar-refractivity contribution in [3.05, 3.63) is 66.0 Å². The molecule has 1 aromatic carbocycles. The highest BCUT2D eigenvalue weighted by Gasteiger charge is 2.23. The van der Waals surface area contributed by atoms with Crippen molar-refractivity contribution in [1.29, 1.82) is 0 Å². The van der Waals surface area contributed by atoms with E-state index in [0.717, 1.165) is 6.54 Å². The van der Waals surface area contributed by atoms with Crippen LogP contribution in [0.25, 0.3) is 0 Å². The van der Waals surface area contributed by atoms with Crippen LogP contribution in [0.2, 0.25) is 0 Å². The van der Waals surface area contributed by atoms with Gasteiger partial charge < -0.3 is 0 Å². The van der Waals surface area contributed by atoms with Gasteiger partial charge in [0.25, 0.3) is 0 Å². The summed E-state index contributed by atoms with van der Waals surface area (Å²) >= 11 is 0. The van der Waals surface area contributed by atoms with Crippen molar-refractivity contribution in [1.82, 2.24) is 9.88 Å².